The van der Waals surface area contributed by atoms with Crippen LogP contribution in [0, 0.1) is 12.3 Å². The van der Waals surface area contributed by atoms with Crippen LogP contribution in [0.3, 0.4) is 0 Å². The van der Waals surface area contributed by atoms with E-state index in [4.69, 9.17) is 11.2 Å². The lowest BCUT2D eigenvalue weighted by Gasteiger charge is -2.43. The Morgan fingerprint density at radius 2 is 1.95 bits per heavy atom. The van der Waals surface area contributed by atoms with Gasteiger partial charge in [-0.15, -0.1) is 12.3 Å². The van der Waals surface area contributed by atoms with E-state index in [1.807, 2.05) is 0 Å². The average molecular weight is 256 g/mol. The van der Waals surface area contributed by atoms with Crippen LogP contribution in [0.5, 0.6) is 5.75 Å². The maximum atomic E-state index is 6.24. The molecule has 0 fully saturated rings. The Hall–Kier alpha value is -1.42. The molecular weight excluding hydrogens is 232 g/mol. The van der Waals surface area contributed by atoms with Crippen LogP contribution < -0.4 is 4.74 Å². The predicted molar refractivity (Wildman–Crippen MR) is 80.7 cm³/mol. The lowest BCUT2D eigenvalue weighted by Crippen LogP contribution is -2.41. The van der Waals surface area contributed by atoms with Gasteiger partial charge < -0.3 is 4.74 Å². The van der Waals surface area contributed by atoms with E-state index < -0.39 is 0 Å². The second kappa shape index (κ2) is 4.60. The molecule has 1 aliphatic rings. The standard InChI is InChI=1S/C18H24O/c1-7-9-14-10-13(8-2)11-15-16(14)19-18(5,6)12-17(15,3)4/h1,10-11H,8-9,12H2,2-6H3. The van der Waals surface area contributed by atoms with Crippen molar-refractivity contribution in [3.63, 3.8) is 0 Å². The summed E-state index contributed by atoms with van der Waals surface area (Å²) in [6, 6.07) is 4.50. The largest absolute Gasteiger partial charge is 0.487 e. The SMILES string of the molecule is C#CCc1cc(CC)cc2c1OC(C)(C)CC2(C)C. The second-order valence-electron chi connectivity index (χ2n) is 6.79. The van der Waals surface area contributed by atoms with E-state index >= 15 is 0 Å². The summed E-state index contributed by atoms with van der Waals surface area (Å²) in [6.07, 6.45) is 8.21. The van der Waals surface area contributed by atoms with Crippen molar-refractivity contribution in [3.05, 3.63) is 28.8 Å². The zero-order chi connectivity index (χ0) is 14.3. The summed E-state index contributed by atoms with van der Waals surface area (Å²) in [7, 11) is 0. The Bertz CT molecular complexity index is 529. The number of aryl methyl sites for hydroxylation is 1. The zero-order valence-electron chi connectivity index (χ0n) is 12.8. The first-order valence-corrected chi connectivity index (χ1v) is 7.08. The van der Waals surface area contributed by atoms with Gasteiger partial charge in [0, 0.05) is 17.5 Å². The van der Waals surface area contributed by atoms with Crippen molar-refractivity contribution in [1.29, 1.82) is 0 Å². The van der Waals surface area contributed by atoms with Crippen LogP contribution in [0.1, 0.15) is 57.7 Å². The van der Waals surface area contributed by atoms with Gasteiger partial charge in [0.2, 0.25) is 0 Å². The molecule has 0 N–H and O–H groups in total. The highest BCUT2D eigenvalue weighted by Gasteiger charge is 2.40. The molecule has 1 aromatic rings. The number of benzene rings is 1. The molecule has 0 saturated heterocycles. The van der Waals surface area contributed by atoms with Crippen LogP contribution in [0.2, 0.25) is 0 Å². The van der Waals surface area contributed by atoms with Gasteiger partial charge in [0.25, 0.3) is 0 Å². The maximum Gasteiger partial charge on any atom is 0.128 e. The molecule has 19 heavy (non-hydrogen) atoms. The van der Waals surface area contributed by atoms with E-state index in [-0.39, 0.29) is 11.0 Å². The molecule has 1 heteroatoms. The Morgan fingerprint density at radius 3 is 2.53 bits per heavy atom. The molecule has 0 atom stereocenters. The van der Waals surface area contributed by atoms with Crippen LogP contribution in [-0.2, 0) is 18.3 Å². The fourth-order valence-corrected chi connectivity index (χ4v) is 3.30. The number of hydrogen-bond acceptors (Lipinski definition) is 1. The van der Waals surface area contributed by atoms with Crippen molar-refractivity contribution in [3.8, 4) is 18.1 Å². The maximum absolute atomic E-state index is 6.24. The summed E-state index contributed by atoms with van der Waals surface area (Å²) in [5.74, 6) is 3.78. The minimum atomic E-state index is -0.131. The molecule has 0 aromatic heterocycles. The molecule has 1 heterocycles. The Morgan fingerprint density at radius 1 is 1.26 bits per heavy atom. The number of fused-ring (bicyclic) bond motifs is 1. The monoisotopic (exact) mass is 256 g/mol. The van der Waals surface area contributed by atoms with Crippen molar-refractivity contribution in [2.24, 2.45) is 0 Å². The highest BCUT2D eigenvalue weighted by molar-refractivity contribution is 5.51. The van der Waals surface area contributed by atoms with Crippen LogP contribution in [0.25, 0.3) is 0 Å². The Kier molecular flexibility index (Phi) is 3.39. The summed E-state index contributed by atoms with van der Waals surface area (Å²) in [4.78, 5) is 0. The minimum absolute atomic E-state index is 0.131. The molecule has 1 aromatic carbocycles. The third kappa shape index (κ3) is 2.63. The highest BCUT2D eigenvalue weighted by Crippen LogP contribution is 2.46. The van der Waals surface area contributed by atoms with E-state index in [2.05, 4.69) is 52.7 Å². The highest BCUT2D eigenvalue weighted by atomic mass is 16.5. The number of terminal acetylenes is 1. The molecule has 2 rings (SSSR count). The van der Waals surface area contributed by atoms with Crippen molar-refractivity contribution in [1.82, 2.24) is 0 Å². The lowest BCUT2D eigenvalue weighted by atomic mass is 9.72. The molecular formula is C18H24O. The summed E-state index contributed by atoms with van der Waals surface area (Å²) in [5, 5.41) is 0. The molecule has 1 aliphatic heterocycles. The molecule has 1 nitrogen and oxygen atoms in total. The van der Waals surface area contributed by atoms with Gasteiger partial charge >= 0.3 is 0 Å². The van der Waals surface area contributed by atoms with Gasteiger partial charge in [-0.05, 0) is 37.7 Å². The van der Waals surface area contributed by atoms with Crippen LogP contribution in [0.15, 0.2) is 12.1 Å². The minimum Gasteiger partial charge on any atom is -0.487 e. The van der Waals surface area contributed by atoms with Crippen molar-refractivity contribution in [2.75, 3.05) is 0 Å². The average Bonchev–Trinajstić information content (AvgIpc) is 2.28. The van der Waals surface area contributed by atoms with Gasteiger partial charge in [-0.1, -0.05) is 32.9 Å². The first-order chi connectivity index (χ1) is 8.79. The van der Waals surface area contributed by atoms with E-state index in [0.717, 1.165) is 24.2 Å². The molecule has 0 unspecified atom stereocenters. The van der Waals surface area contributed by atoms with Gasteiger partial charge in [-0.2, -0.15) is 0 Å². The zero-order valence-corrected chi connectivity index (χ0v) is 12.8. The lowest BCUT2D eigenvalue weighted by molar-refractivity contribution is 0.0523. The summed E-state index contributed by atoms with van der Waals surface area (Å²) in [6.45, 7) is 11.1. The third-order valence-electron chi connectivity index (χ3n) is 3.90. The number of hydrogen-bond donors (Lipinski definition) is 0. The first-order valence-electron chi connectivity index (χ1n) is 7.08. The van der Waals surface area contributed by atoms with Gasteiger partial charge in [-0.25, -0.2) is 0 Å². The van der Waals surface area contributed by atoms with Gasteiger partial charge in [0.05, 0.1) is 0 Å². The number of ether oxygens (including phenoxy) is 1. The summed E-state index contributed by atoms with van der Waals surface area (Å²) >= 11 is 0. The van der Waals surface area contributed by atoms with Crippen molar-refractivity contribution < 1.29 is 4.74 Å². The molecule has 0 amide bonds. The van der Waals surface area contributed by atoms with Gasteiger partial charge in [0.15, 0.2) is 0 Å². The van der Waals surface area contributed by atoms with Crippen molar-refractivity contribution in [2.45, 2.75) is 64.9 Å². The molecule has 102 valence electrons. The quantitative estimate of drug-likeness (QED) is 0.718. The Balaban J connectivity index is 2.65. The predicted octanol–water partition coefficient (Wildman–Crippen LogP) is 4.26. The van der Waals surface area contributed by atoms with Crippen LogP contribution in [0.4, 0.5) is 0 Å². The fraction of sp³-hybridized carbons (Fsp3) is 0.556. The fourth-order valence-electron chi connectivity index (χ4n) is 3.30. The molecule has 0 radical (unpaired) electrons. The number of rotatable bonds is 2. The molecule has 0 bridgehead atoms. The third-order valence-corrected chi connectivity index (χ3v) is 3.90. The summed E-state index contributed by atoms with van der Waals surface area (Å²) < 4.78 is 6.24. The van der Waals surface area contributed by atoms with E-state index in [0.29, 0.717) is 6.42 Å². The van der Waals surface area contributed by atoms with Crippen LogP contribution >= 0.6 is 0 Å². The topological polar surface area (TPSA) is 9.23 Å². The van der Waals surface area contributed by atoms with E-state index in [9.17, 15) is 0 Å². The first kappa shape index (κ1) is 14.0. The Labute approximate surface area is 117 Å². The van der Waals surface area contributed by atoms with E-state index in [1.165, 1.54) is 11.1 Å². The van der Waals surface area contributed by atoms with Crippen LogP contribution in [-0.4, -0.2) is 5.60 Å². The molecule has 0 aliphatic carbocycles. The molecule has 0 spiro atoms. The van der Waals surface area contributed by atoms with E-state index in [1.54, 1.807) is 0 Å². The normalized spacial score (nSPS) is 19.2. The smallest absolute Gasteiger partial charge is 0.128 e. The van der Waals surface area contributed by atoms with Crippen molar-refractivity contribution >= 4 is 0 Å². The van der Waals surface area contributed by atoms with Gasteiger partial charge in [0.1, 0.15) is 11.4 Å². The molecule has 0 saturated carbocycles. The summed E-state index contributed by atoms with van der Waals surface area (Å²) in [5.41, 5.74) is 3.83. The second-order valence-corrected chi connectivity index (χ2v) is 6.79. The van der Waals surface area contributed by atoms with Gasteiger partial charge in [-0.3, -0.25) is 0 Å².